The van der Waals surface area contributed by atoms with Crippen LogP contribution in [-0.2, 0) is 16.0 Å². The Morgan fingerprint density at radius 3 is 2.40 bits per heavy atom. The van der Waals surface area contributed by atoms with Gasteiger partial charge in [-0.05, 0) is 21.8 Å². The molecule has 0 bridgehead atoms. The van der Waals surface area contributed by atoms with Crippen molar-refractivity contribution in [1.29, 1.82) is 0 Å². The van der Waals surface area contributed by atoms with Crippen molar-refractivity contribution >= 4 is 16.6 Å². The number of hydrogen-bond acceptors (Lipinski definition) is 2. The van der Waals surface area contributed by atoms with Crippen molar-refractivity contribution in [2.45, 2.75) is 33.3 Å². The summed E-state index contributed by atoms with van der Waals surface area (Å²) in [6, 6.07) is 14.3. The van der Waals surface area contributed by atoms with Crippen molar-refractivity contribution in [3.05, 3.63) is 48.0 Å². The average molecular weight is 270 g/mol. The van der Waals surface area contributed by atoms with E-state index in [-0.39, 0.29) is 17.3 Å². The van der Waals surface area contributed by atoms with Crippen LogP contribution < -0.4 is 0 Å². The maximum atomic E-state index is 12.5. The van der Waals surface area contributed by atoms with Gasteiger partial charge in [-0.15, -0.1) is 0 Å². The van der Waals surface area contributed by atoms with E-state index in [4.69, 9.17) is 4.74 Å². The van der Waals surface area contributed by atoms with E-state index in [0.29, 0.717) is 6.42 Å². The van der Waals surface area contributed by atoms with E-state index in [1.54, 1.807) is 7.11 Å². The predicted octanol–water partition coefficient (Wildman–Crippen LogP) is 4.01. The lowest BCUT2D eigenvalue weighted by Gasteiger charge is -2.28. The number of fused-ring (bicyclic) bond motifs is 1. The van der Waals surface area contributed by atoms with Gasteiger partial charge in [0.1, 0.15) is 6.10 Å². The van der Waals surface area contributed by atoms with Crippen LogP contribution in [0.1, 0.15) is 26.3 Å². The van der Waals surface area contributed by atoms with Gasteiger partial charge in [-0.2, -0.15) is 0 Å². The lowest BCUT2D eigenvalue weighted by Crippen LogP contribution is -2.37. The highest BCUT2D eigenvalue weighted by molar-refractivity contribution is 5.92. The molecule has 2 rings (SSSR count). The zero-order valence-electron chi connectivity index (χ0n) is 12.6. The van der Waals surface area contributed by atoms with Gasteiger partial charge in [-0.1, -0.05) is 63.2 Å². The molecule has 0 aliphatic heterocycles. The molecule has 0 spiro atoms. The molecule has 0 aliphatic rings. The Bertz CT molecular complexity index is 603. The van der Waals surface area contributed by atoms with Crippen molar-refractivity contribution < 1.29 is 9.53 Å². The molecule has 1 atom stereocenters. The van der Waals surface area contributed by atoms with Gasteiger partial charge in [0.15, 0.2) is 5.78 Å². The Morgan fingerprint density at radius 2 is 1.75 bits per heavy atom. The average Bonchev–Trinajstić information content (AvgIpc) is 2.38. The van der Waals surface area contributed by atoms with Gasteiger partial charge in [0.05, 0.1) is 0 Å². The van der Waals surface area contributed by atoms with Crippen molar-refractivity contribution in [2.75, 3.05) is 7.11 Å². The minimum Gasteiger partial charge on any atom is -0.373 e. The minimum absolute atomic E-state index is 0.136. The molecule has 0 aliphatic carbocycles. The Hall–Kier alpha value is -1.67. The van der Waals surface area contributed by atoms with Gasteiger partial charge < -0.3 is 4.74 Å². The number of Topliss-reactive ketones (excluding diaryl/α,β-unsaturated/α-hetero) is 1. The first-order valence-electron chi connectivity index (χ1n) is 6.95. The molecule has 0 aromatic heterocycles. The van der Waals surface area contributed by atoms with Gasteiger partial charge in [0, 0.05) is 13.5 Å². The first kappa shape index (κ1) is 14.7. The number of carbonyl (C=O) groups excluding carboxylic acids is 1. The molecule has 106 valence electrons. The SMILES string of the molecule is COC(C(=O)Cc1cccc2ccccc12)C(C)(C)C. The summed E-state index contributed by atoms with van der Waals surface area (Å²) in [7, 11) is 1.61. The molecule has 0 heterocycles. The fraction of sp³-hybridized carbons (Fsp3) is 0.389. The summed E-state index contributed by atoms with van der Waals surface area (Å²) in [4.78, 5) is 12.5. The van der Waals surface area contributed by atoms with Crippen LogP contribution >= 0.6 is 0 Å². The summed E-state index contributed by atoms with van der Waals surface area (Å²) in [6.07, 6.45) is 0.0402. The van der Waals surface area contributed by atoms with Gasteiger partial charge in [0.2, 0.25) is 0 Å². The second-order valence-corrected chi connectivity index (χ2v) is 6.26. The van der Waals surface area contributed by atoms with Crippen LogP contribution in [0.25, 0.3) is 10.8 Å². The Balaban J connectivity index is 2.30. The fourth-order valence-corrected chi connectivity index (χ4v) is 2.70. The van der Waals surface area contributed by atoms with Gasteiger partial charge in [-0.3, -0.25) is 4.79 Å². The smallest absolute Gasteiger partial charge is 0.166 e. The van der Waals surface area contributed by atoms with E-state index in [0.717, 1.165) is 10.9 Å². The molecule has 20 heavy (non-hydrogen) atoms. The summed E-state index contributed by atoms with van der Waals surface area (Å²) in [5, 5.41) is 2.31. The molecule has 2 aromatic carbocycles. The maximum absolute atomic E-state index is 12.5. The molecular formula is C18H22O2. The lowest BCUT2D eigenvalue weighted by atomic mass is 9.84. The number of ketones is 1. The number of carbonyl (C=O) groups is 1. The first-order valence-corrected chi connectivity index (χ1v) is 6.95. The lowest BCUT2D eigenvalue weighted by molar-refractivity contribution is -0.134. The standard InChI is InChI=1S/C18H22O2/c1-18(2,3)17(20-4)16(19)12-14-10-7-9-13-8-5-6-11-15(13)14/h5-11,17H,12H2,1-4H3. The van der Waals surface area contributed by atoms with Crippen LogP contribution in [-0.4, -0.2) is 19.0 Å². The van der Waals surface area contributed by atoms with E-state index in [1.807, 2.05) is 45.0 Å². The molecular weight excluding hydrogens is 248 g/mol. The topological polar surface area (TPSA) is 26.3 Å². The van der Waals surface area contributed by atoms with Crippen LogP contribution in [0.5, 0.6) is 0 Å². The third kappa shape index (κ3) is 3.07. The Morgan fingerprint density at radius 1 is 1.10 bits per heavy atom. The third-order valence-corrected chi connectivity index (χ3v) is 3.56. The second-order valence-electron chi connectivity index (χ2n) is 6.26. The zero-order valence-corrected chi connectivity index (χ0v) is 12.6. The summed E-state index contributed by atoms with van der Waals surface area (Å²) in [5.74, 6) is 0.136. The van der Waals surface area contributed by atoms with Crippen LogP contribution in [0.2, 0.25) is 0 Å². The molecule has 0 amide bonds. The van der Waals surface area contributed by atoms with E-state index >= 15 is 0 Å². The number of methoxy groups -OCH3 is 1. The van der Waals surface area contributed by atoms with E-state index in [1.165, 1.54) is 5.39 Å². The van der Waals surface area contributed by atoms with E-state index in [2.05, 4.69) is 18.2 Å². The van der Waals surface area contributed by atoms with Crippen LogP contribution in [0.3, 0.4) is 0 Å². The summed E-state index contributed by atoms with van der Waals surface area (Å²) in [5.41, 5.74) is 0.885. The quantitative estimate of drug-likeness (QED) is 0.839. The number of benzene rings is 2. The minimum atomic E-state index is -0.374. The number of hydrogen-bond donors (Lipinski definition) is 0. The van der Waals surface area contributed by atoms with Crippen molar-refractivity contribution in [2.24, 2.45) is 5.41 Å². The third-order valence-electron chi connectivity index (χ3n) is 3.56. The second kappa shape index (κ2) is 5.76. The van der Waals surface area contributed by atoms with E-state index < -0.39 is 0 Å². The first-order chi connectivity index (χ1) is 9.43. The molecule has 1 unspecified atom stereocenters. The Kier molecular flexibility index (Phi) is 4.24. The maximum Gasteiger partial charge on any atom is 0.166 e. The predicted molar refractivity (Wildman–Crippen MR) is 82.9 cm³/mol. The number of rotatable bonds is 4. The number of ether oxygens (including phenoxy) is 1. The van der Waals surface area contributed by atoms with Crippen molar-refractivity contribution in [3.63, 3.8) is 0 Å². The van der Waals surface area contributed by atoms with Crippen LogP contribution in [0.15, 0.2) is 42.5 Å². The van der Waals surface area contributed by atoms with Crippen LogP contribution in [0, 0.1) is 5.41 Å². The largest absolute Gasteiger partial charge is 0.373 e. The molecule has 0 saturated carbocycles. The highest BCUT2D eigenvalue weighted by Crippen LogP contribution is 2.25. The highest BCUT2D eigenvalue weighted by atomic mass is 16.5. The normalized spacial score (nSPS) is 13.4. The molecule has 0 fully saturated rings. The monoisotopic (exact) mass is 270 g/mol. The Labute approximate surface area is 120 Å². The van der Waals surface area contributed by atoms with Crippen molar-refractivity contribution in [3.8, 4) is 0 Å². The van der Waals surface area contributed by atoms with Crippen LogP contribution in [0.4, 0.5) is 0 Å². The molecule has 2 heteroatoms. The van der Waals surface area contributed by atoms with Gasteiger partial charge in [0.25, 0.3) is 0 Å². The van der Waals surface area contributed by atoms with Gasteiger partial charge >= 0.3 is 0 Å². The molecule has 0 saturated heterocycles. The molecule has 0 N–H and O–H groups in total. The summed E-state index contributed by atoms with van der Waals surface area (Å²) < 4.78 is 5.41. The highest BCUT2D eigenvalue weighted by Gasteiger charge is 2.31. The molecule has 2 aromatic rings. The molecule has 0 radical (unpaired) electrons. The zero-order chi connectivity index (χ0) is 14.8. The van der Waals surface area contributed by atoms with Crippen molar-refractivity contribution in [1.82, 2.24) is 0 Å². The molecule has 2 nitrogen and oxygen atoms in total. The van der Waals surface area contributed by atoms with Gasteiger partial charge in [-0.25, -0.2) is 0 Å². The summed E-state index contributed by atoms with van der Waals surface area (Å²) >= 11 is 0. The fourth-order valence-electron chi connectivity index (χ4n) is 2.70. The summed E-state index contributed by atoms with van der Waals surface area (Å²) in [6.45, 7) is 6.09. The van der Waals surface area contributed by atoms with E-state index in [9.17, 15) is 4.79 Å².